The first-order chi connectivity index (χ1) is 10.1. The van der Waals surface area contributed by atoms with E-state index in [9.17, 15) is 4.79 Å². The summed E-state index contributed by atoms with van der Waals surface area (Å²) in [5.74, 6) is 0.568. The molecule has 1 aromatic heterocycles. The van der Waals surface area contributed by atoms with E-state index in [0.29, 0.717) is 17.1 Å². The van der Waals surface area contributed by atoms with Crippen LogP contribution in [0.15, 0.2) is 36.4 Å². The SMILES string of the molecule is Cc1cc(C)nc(NC(=O)COc2ccccc2C#N)c1. The van der Waals surface area contributed by atoms with Crippen LogP contribution in [0, 0.1) is 25.2 Å². The fourth-order valence-corrected chi connectivity index (χ4v) is 1.91. The van der Waals surface area contributed by atoms with Crippen molar-refractivity contribution in [3.63, 3.8) is 0 Å². The van der Waals surface area contributed by atoms with Crippen LogP contribution in [0.4, 0.5) is 5.82 Å². The van der Waals surface area contributed by atoms with Gasteiger partial charge in [0.1, 0.15) is 17.6 Å². The molecule has 0 aliphatic carbocycles. The molecule has 0 saturated carbocycles. The molecule has 1 amide bonds. The lowest BCUT2D eigenvalue weighted by Gasteiger charge is -2.09. The van der Waals surface area contributed by atoms with E-state index in [1.807, 2.05) is 26.0 Å². The van der Waals surface area contributed by atoms with Crippen LogP contribution in [0.2, 0.25) is 0 Å². The number of ether oxygens (including phenoxy) is 1. The number of rotatable bonds is 4. The van der Waals surface area contributed by atoms with Crippen LogP contribution < -0.4 is 10.1 Å². The van der Waals surface area contributed by atoms with Crippen LogP contribution in [-0.4, -0.2) is 17.5 Å². The van der Waals surface area contributed by atoms with Crippen molar-refractivity contribution >= 4 is 11.7 Å². The molecule has 0 saturated heterocycles. The zero-order chi connectivity index (χ0) is 15.2. The van der Waals surface area contributed by atoms with E-state index in [2.05, 4.69) is 10.3 Å². The molecule has 5 nitrogen and oxygen atoms in total. The highest BCUT2D eigenvalue weighted by Gasteiger charge is 2.07. The van der Waals surface area contributed by atoms with Crippen LogP contribution >= 0.6 is 0 Å². The molecule has 21 heavy (non-hydrogen) atoms. The molecule has 0 unspecified atom stereocenters. The molecule has 1 aromatic carbocycles. The van der Waals surface area contributed by atoms with Gasteiger partial charge in [0.25, 0.3) is 5.91 Å². The third-order valence-corrected chi connectivity index (χ3v) is 2.73. The second kappa shape index (κ2) is 6.53. The minimum atomic E-state index is -0.319. The predicted octanol–water partition coefficient (Wildman–Crippen LogP) is 2.59. The van der Waals surface area contributed by atoms with E-state index in [4.69, 9.17) is 10.00 Å². The quantitative estimate of drug-likeness (QED) is 0.934. The first kappa shape index (κ1) is 14.5. The van der Waals surface area contributed by atoms with E-state index in [1.165, 1.54) is 0 Å². The molecule has 0 bridgehead atoms. The number of anilines is 1. The van der Waals surface area contributed by atoms with E-state index in [-0.39, 0.29) is 12.5 Å². The molecule has 0 radical (unpaired) electrons. The molecular weight excluding hydrogens is 266 g/mol. The maximum Gasteiger partial charge on any atom is 0.263 e. The van der Waals surface area contributed by atoms with Gasteiger partial charge in [0.15, 0.2) is 6.61 Å². The fourth-order valence-electron chi connectivity index (χ4n) is 1.91. The lowest BCUT2D eigenvalue weighted by atomic mass is 10.2. The van der Waals surface area contributed by atoms with E-state index < -0.39 is 0 Å². The average molecular weight is 281 g/mol. The molecule has 1 N–H and O–H groups in total. The Hall–Kier alpha value is -2.87. The molecule has 0 fully saturated rings. The van der Waals surface area contributed by atoms with Gasteiger partial charge in [0.2, 0.25) is 0 Å². The number of hydrogen-bond acceptors (Lipinski definition) is 4. The van der Waals surface area contributed by atoms with Crippen molar-refractivity contribution in [3.8, 4) is 11.8 Å². The zero-order valence-electron chi connectivity index (χ0n) is 11.9. The third-order valence-electron chi connectivity index (χ3n) is 2.73. The molecule has 0 atom stereocenters. The van der Waals surface area contributed by atoms with Gasteiger partial charge < -0.3 is 10.1 Å². The van der Waals surface area contributed by atoms with E-state index in [1.54, 1.807) is 30.3 Å². The molecule has 106 valence electrons. The number of nitrogens with one attached hydrogen (secondary N) is 1. The largest absolute Gasteiger partial charge is 0.482 e. The number of hydrogen-bond donors (Lipinski definition) is 1. The molecule has 2 aromatic rings. The lowest BCUT2D eigenvalue weighted by molar-refractivity contribution is -0.118. The number of nitrogens with zero attached hydrogens (tertiary/aromatic N) is 2. The Kier molecular flexibility index (Phi) is 4.52. The molecule has 0 aliphatic rings. The summed E-state index contributed by atoms with van der Waals surface area (Å²) in [6.07, 6.45) is 0. The van der Waals surface area contributed by atoms with Crippen LogP contribution in [0.3, 0.4) is 0 Å². The first-order valence-electron chi connectivity index (χ1n) is 6.45. The summed E-state index contributed by atoms with van der Waals surface area (Å²) < 4.78 is 5.36. The Morgan fingerprint density at radius 2 is 2.10 bits per heavy atom. The third kappa shape index (κ3) is 4.05. The van der Waals surface area contributed by atoms with Gasteiger partial charge in [0.05, 0.1) is 5.56 Å². The number of benzene rings is 1. The highest BCUT2D eigenvalue weighted by atomic mass is 16.5. The monoisotopic (exact) mass is 281 g/mol. The van der Waals surface area contributed by atoms with Crippen molar-refractivity contribution in [3.05, 3.63) is 53.2 Å². The fraction of sp³-hybridized carbons (Fsp3) is 0.188. The van der Waals surface area contributed by atoms with E-state index >= 15 is 0 Å². The maximum atomic E-state index is 11.8. The van der Waals surface area contributed by atoms with E-state index in [0.717, 1.165) is 11.3 Å². The Labute approximate surface area is 123 Å². The van der Waals surface area contributed by atoms with Crippen molar-refractivity contribution in [1.29, 1.82) is 5.26 Å². The molecule has 1 heterocycles. The number of pyridine rings is 1. The second-order valence-electron chi connectivity index (χ2n) is 4.62. The van der Waals surface area contributed by atoms with Crippen LogP contribution in [-0.2, 0) is 4.79 Å². The van der Waals surface area contributed by atoms with Gasteiger partial charge in [-0.3, -0.25) is 4.79 Å². The Bertz CT molecular complexity index is 685. The highest BCUT2D eigenvalue weighted by molar-refractivity contribution is 5.91. The van der Waals surface area contributed by atoms with Crippen LogP contribution in [0.25, 0.3) is 0 Å². The van der Waals surface area contributed by atoms with Crippen molar-refractivity contribution < 1.29 is 9.53 Å². The molecule has 2 rings (SSSR count). The summed E-state index contributed by atoms with van der Waals surface area (Å²) in [6.45, 7) is 3.62. The van der Waals surface area contributed by atoms with Crippen molar-refractivity contribution in [2.24, 2.45) is 0 Å². The number of nitriles is 1. The summed E-state index contributed by atoms with van der Waals surface area (Å²) in [6, 6.07) is 12.5. The Morgan fingerprint density at radius 1 is 1.33 bits per heavy atom. The van der Waals surface area contributed by atoms with Gasteiger partial charge in [0, 0.05) is 5.69 Å². The molecular formula is C16H15N3O2. The number of aryl methyl sites for hydroxylation is 2. The van der Waals surface area contributed by atoms with Crippen LogP contribution in [0.5, 0.6) is 5.75 Å². The minimum Gasteiger partial charge on any atom is -0.482 e. The van der Waals surface area contributed by atoms with Gasteiger partial charge in [-0.15, -0.1) is 0 Å². The second-order valence-corrected chi connectivity index (χ2v) is 4.62. The summed E-state index contributed by atoms with van der Waals surface area (Å²) in [4.78, 5) is 16.1. The van der Waals surface area contributed by atoms with Crippen molar-refractivity contribution in [1.82, 2.24) is 4.98 Å². The summed E-state index contributed by atoms with van der Waals surface area (Å²) in [5.41, 5.74) is 2.25. The summed E-state index contributed by atoms with van der Waals surface area (Å²) >= 11 is 0. The zero-order valence-corrected chi connectivity index (χ0v) is 11.9. The standard InChI is InChI=1S/C16H15N3O2/c1-11-7-12(2)18-15(8-11)19-16(20)10-21-14-6-4-3-5-13(14)9-17/h3-8H,10H2,1-2H3,(H,18,19,20). The van der Waals surface area contributed by atoms with Crippen molar-refractivity contribution in [2.75, 3.05) is 11.9 Å². The van der Waals surface area contributed by atoms with Gasteiger partial charge in [-0.1, -0.05) is 12.1 Å². The number of para-hydroxylation sites is 1. The number of carbonyl (C=O) groups is 1. The first-order valence-corrected chi connectivity index (χ1v) is 6.45. The Balaban J connectivity index is 1.98. The van der Waals surface area contributed by atoms with Crippen LogP contribution in [0.1, 0.15) is 16.8 Å². The number of carbonyl (C=O) groups excluding carboxylic acids is 1. The topological polar surface area (TPSA) is 75.0 Å². The number of amides is 1. The molecule has 5 heteroatoms. The van der Waals surface area contributed by atoms with Gasteiger partial charge >= 0.3 is 0 Å². The summed E-state index contributed by atoms with van der Waals surface area (Å²) in [5, 5.41) is 11.6. The summed E-state index contributed by atoms with van der Waals surface area (Å²) in [7, 11) is 0. The molecule has 0 aliphatic heterocycles. The number of aromatic nitrogens is 1. The van der Waals surface area contributed by atoms with Gasteiger partial charge in [-0.25, -0.2) is 4.98 Å². The van der Waals surface area contributed by atoms with Crippen molar-refractivity contribution in [2.45, 2.75) is 13.8 Å². The molecule has 0 spiro atoms. The van der Waals surface area contributed by atoms with Gasteiger partial charge in [-0.05, 0) is 43.7 Å². The lowest BCUT2D eigenvalue weighted by Crippen LogP contribution is -2.21. The van der Waals surface area contributed by atoms with Gasteiger partial charge in [-0.2, -0.15) is 5.26 Å². The Morgan fingerprint density at radius 3 is 2.81 bits per heavy atom. The predicted molar refractivity (Wildman–Crippen MR) is 79.0 cm³/mol. The normalized spacial score (nSPS) is 9.76. The highest BCUT2D eigenvalue weighted by Crippen LogP contribution is 2.16. The maximum absolute atomic E-state index is 11.8. The average Bonchev–Trinajstić information content (AvgIpc) is 2.44. The minimum absolute atomic E-state index is 0.173. The smallest absolute Gasteiger partial charge is 0.263 e.